The lowest BCUT2D eigenvalue weighted by Crippen LogP contribution is -2.41. The molecule has 1 aromatic heterocycles. The van der Waals surface area contributed by atoms with Crippen LogP contribution in [0.25, 0.3) is 0 Å². The van der Waals surface area contributed by atoms with Gasteiger partial charge >= 0.3 is 6.03 Å². The molecule has 2 rings (SSSR count). The number of hydrogen-bond donors (Lipinski definition) is 1. The number of nitrogens with zero attached hydrogens (tertiary/aromatic N) is 3. The van der Waals surface area contributed by atoms with Crippen LogP contribution in [-0.2, 0) is 13.6 Å². The van der Waals surface area contributed by atoms with Gasteiger partial charge in [-0.1, -0.05) is 19.1 Å². The fraction of sp³-hybridized carbons (Fsp3) is 0.474. The molecule has 25 heavy (non-hydrogen) atoms. The number of urea groups is 1. The maximum Gasteiger partial charge on any atom is 0.318 e. The van der Waals surface area contributed by atoms with Gasteiger partial charge in [-0.15, -0.1) is 0 Å². The summed E-state index contributed by atoms with van der Waals surface area (Å²) in [7, 11) is 1.94. The normalized spacial score (nSPS) is 11.8. The molecule has 0 aliphatic heterocycles. The van der Waals surface area contributed by atoms with Crippen molar-refractivity contribution in [2.24, 2.45) is 7.05 Å². The first-order chi connectivity index (χ1) is 12.0. The fourth-order valence-electron chi connectivity index (χ4n) is 2.62. The molecular formula is C19H28N4O2. The molecule has 6 heteroatoms. The second kappa shape index (κ2) is 9.11. The lowest BCUT2D eigenvalue weighted by molar-refractivity contribution is 0.190. The standard InChI is InChI=1S/C19H28N4O2/c1-5-12-23(14-18-20-11-13-22(18)4)19(24)21-15(3)16-7-9-17(10-8-16)25-6-2/h7-11,13,15H,5-6,12,14H2,1-4H3,(H,21,24). The number of ether oxygens (including phenoxy) is 1. The predicted octanol–water partition coefficient (Wildman–Crippen LogP) is 3.50. The van der Waals surface area contributed by atoms with Gasteiger partial charge in [0.15, 0.2) is 0 Å². The Labute approximate surface area is 149 Å². The molecule has 0 radical (unpaired) electrons. The van der Waals surface area contributed by atoms with E-state index >= 15 is 0 Å². The number of imidazole rings is 1. The zero-order valence-electron chi connectivity index (χ0n) is 15.5. The van der Waals surface area contributed by atoms with Crippen LogP contribution in [0.1, 0.15) is 44.6 Å². The second-order valence-corrected chi connectivity index (χ2v) is 6.05. The van der Waals surface area contributed by atoms with Crippen LogP contribution in [0.4, 0.5) is 4.79 Å². The topological polar surface area (TPSA) is 59.4 Å². The van der Waals surface area contributed by atoms with Crippen LogP contribution in [0.15, 0.2) is 36.7 Å². The van der Waals surface area contributed by atoms with E-state index in [0.717, 1.165) is 23.6 Å². The quantitative estimate of drug-likeness (QED) is 0.797. The average Bonchev–Trinajstić information content (AvgIpc) is 3.00. The summed E-state index contributed by atoms with van der Waals surface area (Å²) < 4.78 is 7.39. The molecular weight excluding hydrogens is 316 g/mol. The van der Waals surface area contributed by atoms with Crippen LogP contribution in [0.5, 0.6) is 5.75 Å². The van der Waals surface area contributed by atoms with E-state index in [9.17, 15) is 4.79 Å². The summed E-state index contributed by atoms with van der Waals surface area (Å²) in [5.41, 5.74) is 1.05. The summed E-state index contributed by atoms with van der Waals surface area (Å²) in [6.45, 7) is 7.84. The molecule has 0 aliphatic carbocycles. The Hall–Kier alpha value is -2.50. The van der Waals surface area contributed by atoms with E-state index in [-0.39, 0.29) is 12.1 Å². The Morgan fingerprint density at radius 2 is 2.04 bits per heavy atom. The van der Waals surface area contributed by atoms with Gasteiger partial charge in [-0.2, -0.15) is 0 Å². The Morgan fingerprint density at radius 1 is 1.32 bits per heavy atom. The molecule has 1 unspecified atom stereocenters. The number of benzene rings is 1. The number of hydrogen-bond acceptors (Lipinski definition) is 3. The minimum absolute atomic E-state index is 0.0776. The monoisotopic (exact) mass is 344 g/mol. The highest BCUT2D eigenvalue weighted by molar-refractivity contribution is 5.74. The van der Waals surface area contributed by atoms with E-state index in [1.54, 1.807) is 11.1 Å². The van der Waals surface area contributed by atoms with Crippen LogP contribution in [0.2, 0.25) is 0 Å². The Kier molecular flexibility index (Phi) is 6.86. The first-order valence-corrected chi connectivity index (χ1v) is 8.79. The third-order valence-corrected chi connectivity index (χ3v) is 4.07. The van der Waals surface area contributed by atoms with Crippen LogP contribution in [0, 0.1) is 0 Å². The first kappa shape index (κ1) is 18.8. The third kappa shape index (κ3) is 5.24. The van der Waals surface area contributed by atoms with Gasteiger partial charge in [0.2, 0.25) is 0 Å². The van der Waals surface area contributed by atoms with Crippen molar-refractivity contribution in [2.75, 3.05) is 13.2 Å². The number of carbonyl (C=O) groups is 1. The van der Waals surface area contributed by atoms with E-state index in [0.29, 0.717) is 19.7 Å². The summed E-state index contributed by atoms with van der Waals surface area (Å²) in [5.74, 6) is 1.71. The minimum Gasteiger partial charge on any atom is -0.494 e. The SMILES string of the molecule is CCCN(Cc1nccn1C)C(=O)NC(C)c1ccc(OCC)cc1. The number of rotatable bonds is 8. The zero-order valence-corrected chi connectivity index (χ0v) is 15.5. The predicted molar refractivity (Wildman–Crippen MR) is 98.5 cm³/mol. The zero-order chi connectivity index (χ0) is 18.2. The highest BCUT2D eigenvalue weighted by Crippen LogP contribution is 2.18. The lowest BCUT2D eigenvalue weighted by Gasteiger charge is -2.25. The van der Waals surface area contributed by atoms with E-state index in [4.69, 9.17) is 4.74 Å². The molecule has 2 amide bonds. The molecule has 6 nitrogen and oxygen atoms in total. The van der Waals surface area contributed by atoms with E-state index in [1.807, 2.05) is 55.9 Å². The van der Waals surface area contributed by atoms with Gasteiger partial charge in [0.05, 0.1) is 19.2 Å². The summed E-state index contributed by atoms with van der Waals surface area (Å²) in [6.07, 6.45) is 4.54. The second-order valence-electron chi connectivity index (χ2n) is 6.05. The number of nitrogens with one attached hydrogen (secondary N) is 1. The smallest absolute Gasteiger partial charge is 0.318 e. The third-order valence-electron chi connectivity index (χ3n) is 4.07. The summed E-state index contributed by atoms with van der Waals surface area (Å²) in [4.78, 5) is 18.8. The van der Waals surface area contributed by atoms with Gasteiger partial charge in [-0.05, 0) is 38.0 Å². The van der Waals surface area contributed by atoms with Crippen molar-refractivity contribution in [1.82, 2.24) is 19.8 Å². The van der Waals surface area contributed by atoms with Gasteiger partial charge in [0.25, 0.3) is 0 Å². The minimum atomic E-state index is -0.0797. The summed E-state index contributed by atoms with van der Waals surface area (Å²) in [5, 5.41) is 3.07. The van der Waals surface area contributed by atoms with Crippen LogP contribution in [0.3, 0.4) is 0 Å². The largest absolute Gasteiger partial charge is 0.494 e. The molecule has 136 valence electrons. The van der Waals surface area contributed by atoms with E-state index in [2.05, 4.69) is 17.2 Å². The van der Waals surface area contributed by atoms with E-state index in [1.165, 1.54) is 0 Å². The van der Waals surface area contributed by atoms with Crippen molar-refractivity contribution in [3.63, 3.8) is 0 Å². The molecule has 0 aliphatic rings. The average molecular weight is 344 g/mol. The van der Waals surface area contributed by atoms with Gasteiger partial charge in [0.1, 0.15) is 11.6 Å². The van der Waals surface area contributed by atoms with Gasteiger partial charge < -0.3 is 19.5 Å². The molecule has 1 heterocycles. The van der Waals surface area contributed by atoms with Crippen molar-refractivity contribution >= 4 is 6.03 Å². The van der Waals surface area contributed by atoms with Crippen LogP contribution >= 0.6 is 0 Å². The van der Waals surface area contributed by atoms with Gasteiger partial charge in [-0.3, -0.25) is 0 Å². The Bertz CT molecular complexity index is 666. The Morgan fingerprint density at radius 3 is 2.60 bits per heavy atom. The fourth-order valence-corrected chi connectivity index (χ4v) is 2.62. The van der Waals surface area contributed by atoms with E-state index < -0.39 is 0 Å². The summed E-state index contributed by atoms with van der Waals surface area (Å²) >= 11 is 0. The molecule has 0 fully saturated rings. The van der Waals surface area contributed by atoms with Crippen molar-refractivity contribution in [2.45, 2.75) is 39.8 Å². The molecule has 1 aromatic carbocycles. The van der Waals surface area contributed by atoms with Gasteiger partial charge in [0, 0.05) is 26.0 Å². The number of aryl methyl sites for hydroxylation is 1. The molecule has 0 saturated heterocycles. The summed E-state index contributed by atoms with van der Waals surface area (Å²) in [6, 6.07) is 7.67. The highest BCUT2D eigenvalue weighted by Gasteiger charge is 2.18. The highest BCUT2D eigenvalue weighted by atomic mass is 16.5. The molecule has 2 aromatic rings. The molecule has 1 N–H and O–H groups in total. The van der Waals surface area contributed by atoms with Crippen molar-refractivity contribution in [3.8, 4) is 5.75 Å². The first-order valence-electron chi connectivity index (χ1n) is 8.79. The molecule has 0 saturated carbocycles. The van der Waals surface area contributed by atoms with Crippen LogP contribution in [-0.4, -0.2) is 33.6 Å². The lowest BCUT2D eigenvalue weighted by atomic mass is 10.1. The molecule has 0 spiro atoms. The maximum absolute atomic E-state index is 12.7. The number of carbonyl (C=O) groups excluding carboxylic acids is 1. The number of amides is 2. The van der Waals surface area contributed by atoms with Gasteiger partial charge in [-0.25, -0.2) is 9.78 Å². The maximum atomic E-state index is 12.7. The Balaban J connectivity index is 2.00. The number of aromatic nitrogens is 2. The van der Waals surface area contributed by atoms with Crippen molar-refractivity contribution < 1.29 is 9.53 Å². The van der Waals surface area contributed by atoms with Crippen LogP contribution < -0.4 is 10.1 Å². The molecule has 1 atom stereocenters. The van der Waals surface area contributed by atoms with Crippen molar-refractivity contribution in [3.05, 3.63) is 48.0 Å². The van der Waals surface area contributed by atoms with Crippen molar-refractivity contribution in [1.29, 1.82) is 0 Å². The molecule has 0 bridgehead atoms.